The lowest BCUT2D eigenvalue weighted by molar-refractivity contribution is -0.380. The summed E-state index contributed by atoms with van der Waals surface area (Å²) in [6.07, 6.45) is 3.67. The topological polar surface area (TPSA) is 111 Å². The SMILES string of the molecule is O=C(COC(=O)C1CCC1)Nc1ncc([N+](=O)[O-])s1. The molecule has 1 fully saturated rings. The fourth-order valence-electron chi connectivity index (χ4n) is 1.46. The van der Waals surface area contributed by atoms with Crippen molar-refractivity contribution in [2.24, 2.45) is 5.92 Å². The molecule has 1 aliphatic rings. The van der Waals surface area contributed by atoms with Crippen molar-refractivity contribution in [2.75, 3.05) is 11.9 Å². The highest BCUT2D eigenvalue weighted by Gasteiger charge is 2.27. The zero-order valence-electron chi connectivity index (χ0n) is 9.83. The van der Waals surface area contributed by atoms with Crippen molar-refractivity contribution in [1.29, 1.82) is 0 Å². The van der Waals surface area contributed by atoms with Gasteiger partial charge in [0.25, 0.3) is 5.91 Å². The van der Waals surface area contributed by atoms with Crippen molar-refractivity contribution < 1.29 is 19.2 Å². The number of hydrogen-bond donors (Lipinski definition) is 1. The number of rotatable bonds is 5. The minimum atomic E-state index is -0.593. The predicted molar refractivity (Wildman–Crippen MR) is 65.7 cm³/mol. The van der Waals surface area contributed by atoms with Crippen molar-refractivity contribution in [2.45, 2.75) is 19.3 Å². The molecule has 0 bridgehead atoms. The lowest BCUT2D eigenvalue weighted by Gasteiger charge is -2.22. The normalized spacial score (nSPS) is 14.5. The number of ether oxygens (including phenoxy) is 1. The Bertz CT molecular complexity index is 511. The molecule has 2 rings (SSSR count). The van der Waals surface area contributed by atoms with Gasteiger partial charge in [0.1, 0.15) is 6.20 Å². The molecule has 19 heavy (non-hydrogen) atoms. The molecule has 102 valence electrons. The molecule has 1 aliphatic carbocycles. The summed E-state index contributed by atoms with van der Waals surface area (Å²) in [6.45, 7) is -0.400. The first-order valence-electron chi connectivity index (χ1n) is 5.63. The number of amides is 1. The summed E-state index contributed by atoms with van der Waals surface area (Å²) >= 11 is 0.743. The zero-order valence-corrected chi connectivity index (χ0v) is 10.6. The Balaban J connectivity index is 1.76. The van der Waals surface area contributed by atoms with Gasteiger partial charge in [-0.2, -0.15) is 0 Å². The second kappa shape index (κ2) is 5.74. The van der Waals surface area contributed by atoms with Gasteiger partial charge in [0, 0.05) is 0 Å². The van der Waals surface area contributed by atoms with Gasteiger partial charge in [-0.3, -0.25) is 25.0 Å². The van der Waals surface area contributed by atoms with E-state index in [-0.39, 0.29) is 22.0 Å². The van der Waals surface area contributed by atoms with Crippen molar-refractivity contribution in [3.63, 3.8) is 0 Å². The van der Waals surface area contributed by atoms with E-state index in [2.05, 4.69) is 10.3 Å². The summed E-state index contributed by atoms with van der Waals surface area (Å²) in [6, 6.07) is 0. The van der Waals surface area contributed by atoms with E-state index in [9.17, 15) is 19.7 Å². The summed E-state index contributed by atoms with van der Waals surface area (Å²) in [4.78, 5) is 36.3. The minimum absolute atomic E-state index is 0.0891. The maximum atomic E-state index is 11.4. The van der Waals surface area contributed by atoms with Crippen LogP contribution in [0.3, 0.4) is 0 Å². The first kappa shape index (κ1) is 13.4. The first-order valence-corrected chi connectivity index (χ1v) is 6.44. The molecule has 8 nitrogen and oxygen atoms in total. The molecule has 1 N–H and O–H groups in total. The molecule has 0 aromatic carbocycles. The summed E-state index contributed by atoms with van der Waals surface area (Å²) in [5.74, 6) is -1.02. The molecule has 1 saturated carbocycles. The zero-order chi connectivity index (χ0) is 13.8. The monoisotopic (exact) mass is 285 g/mol. The predicted octanol–water partition coefficient (Wildman–Crippen LogP) is 1.33. The van der Waals surface area contributed by atoms with Crippen LogP contribution in [-0.4, -0.2) is 28.4 Å². The third kappa shape index (κ3) is 3.47. The Morgan fingerprint density at radius 3 is 2.84 bits per heavy atom. The number of carbonyl (C=O) groups excluding carboxylic acids is 2. The highest BCUT2D eigenvalue weighted by molar-refractivity contribution is 7.18. The fraction of sp³-hybridized carbons (Fsp3) is 0.500. The maximum absolute atomic E-state index is 11.4. The molecule has 0 aliphatic heterocycles. The number of esters is 1. The molecule has 0 atom stereocenters. The van der Waals surface area contributed by atoms with E-state index in [1.807, 2.05) is 0 Å². The van der Waals surface area contributed by atoms with Gasteiger partial charge in [0.05, 0.1) is 10.8 Å². The van der Waals surface area contributed by atoms with Crippen molar-refractivity contribution in [3.8, 4) is 0 Å². The van der Waals surface area contributed by atoms with Crippen LogP contribution in [0.5, 0.6) is 0 Å². The van der Waals surface area contributed by atoms with E-state index >= 15 is 0 Å². The van der Waals surface area contributed by atoms with Gasteiger partial charge in [-0.15, -0.1) is 0 Å². The Morgan fingerprint density at radius 1 is 1.58 bits per heavy atom. The first-order chi connectivity index (χ1) is 9.06. The molecular weight excluding hydrogens is 274 g/mol. The Hall–Kier alpha value is -2.03. The molecule has 1 aromatic rings. The summed E-state index contributed by atoms with van der Waals surface area (Å²) in [7, 11) is 0. The number of aromatic nitrogens is 1. The fourth-order valence-corrected chi connectivity index (χ4v) is 2.11. The van der Waals surface area contributed by atoms with Gasteiger partial charge in [-0.1, -0.05) is 6.42 Å². The van der Waals surface area contributed by atoms with E-state index in [0.717, 1.165) is 36.8 Å². The van der Waals surface area contributed by atoms with Crippen LogP contribution in [0.15, 0.2) is 6.20 Å². The van der Waals surface area contributed by atoms with Crippen LogP contribution >= 0.6 is 11.3 Å². The Kier molecular flexibility index (Phi) is 4.05. The van der Waals surface area contributed by atoms with Crippen LogP contribution < -0.4 is 5.32 Å². The third-order valence-corrected chi connectivity index (χ3v) is 3.57. The summed E-state index contributed by atoms with van der Waals surface area (Å²) in [5.41, 5.74) is 0. The van der Waals surface area contributed by atoms with Crippen molar-refractivity contribution in [3.05, 3.63) is 16.3 Å². The molecule has 0 unspecified atom stereocenters. The Morgan fingerprint density at radius 2 is 2.32 bits per heavy atom. The van der Waals surface area contributed by atoms with Crippen molar-refractivity contribution >= 4 is 33.3 Å². The molecule has 1 heterocycles. The average molecular weight is 285 g/mol. The van der Waals surface area contributed by atoms with Crippen molar-refractivity contribution in [1.82, 2.24) is 4.98 Å². The second-order valence-corrected chi connectivity index (χ2v) is 5.05. The number of nitrogens with one attached hydrogen (secondary N) is 1. The second-order valence-electron chi connectivity index (χ2n) is 4.04. The van der Waals surface area contributed by atoms with E-state index in [1.165, 1.54) is 0 Å². The highest BCUT2D eigenvalue weighted by atomic mass is 32.1. The van der Waals surface area contributed by atoms with Crippen LogP contribution in [0.2, 0.25) is 0 Å². The maximum Gasteiger partial charge on any atom is 0.345 e. The number of thiazole rings is 1. The van der Waals surface area contributed by atoms with Gasteiger partial charge in [0.15, 0.2) is 11.7 Å². The van der Waals surface area contributed by atoms with Gasteiger partial charge in [0.2, 0.25) is 0 Å². The summed E-state index contributed by atoms with van der Waals surface area (Å²) in [5, 5.41) is 12.7. The van der Waals surface area contributed by atoms with Gasteiger partial charge < -0.3 is 4.74 Å². The van der Waals surface area contributed by atoms with Crippen LogP contribution in [0.1, 0.15) is 19.3 Å². The highest BCUT2D eigenvalue weighted by Crippen LogP contribution is 2.27. The lowest BCUT2D eigenvalue weighted by atomic mass is 9.86. The standard InChI is InChI=1S/C10H11N3O5S/c14-7(5-18-9(15)6-2-1-3-6)12-10-11-4-8(19-10)13(16)17/h4,6H,1-3,5H2,(H,11,12,14). The number of nitro groups is 1. The van der Waals surface area contributed by atoms with E-state index < -0.39 is 17.4 Å². The molecule has 0 radical (unpaired) electrons. The van der Waals surface area contributed by atoms with Gasteiger partial charge >= 0.3 is 11.0 Å². The van der Waals surface area contributed by atoms with E-state index in [1.54, 1.807) is 0 Å². The summed E-state index contributed by atoms with van der Waals surface area (Å²) < 4.78 is 4.83. The quantitative estimate of drug-likeness (QED) is 0.496. The number of carbonyl (C=O) groups is 2. The average Bonchev–Trinajstić information content (AvgIpc) is 2.72. The van der Waals surface area contributed by atoms with Crippen LogP contribution in [-0.2, 0) is 14.3 Å². The number of nitrogens with zero attached hydrogens (tertiary/aromatic N) is 2. The third-order valence-electron chi connectivity index (χ3n) is 2.70. The van der Waals surface area contributed by atoms with Crippen LogP contribution in [0.4, 0.5) is 10.1 Å². The largest absolute Gasteiger partial charge is 0.455 e. The van der Waals surface area contributed by atoms with Gasteiger partial charge in [-0.25, -0.2) is 4.98 Å². The molecule has 0 saturated heterocycles. The number of anilines is 1. The van der Waals surface area contributed by atoms with E-state index in [4.69, 9.17) is 4.74 Å². The van der Waals surface area contributed by atoms with E-state index in [0.29, 0.717) is 0 Å². The van der Waals surface area contributed by atoms with Crippen LogP contribution in [0.25, 0.3) is 0 Å². The molecule has 9 heteroatoms. The lowest BCUT2D eigenvalue weighted by Crippen LogP contribution is -2.28. The molecule has 1 amide bonds. The molecule has 0 spiro atoms. The smallest absolute Gasteiger partial charge is 0.345 e. The molecular formula is C10H11N3O5S. The Labute approximate surface area is 111 Å². The minimum Gasteiger partial charge on any atom is -0.455 e. The van der Waals surface area contributed by atoms with Crippen LogP contribution in [0, 0.1) is 16.0 Å². The van der Waals surface area contributed by atoms with Gasteiger partial charge in [-0.05, 0) is 24.2 Å². The molecule has 1 aromatic heterocycles. The number of hydrogen-bond acceptors (Lipinski definition) is 7.